The van der Waals surface area contributed by atoms with Gasteiger partial charge in [-0.2, -0.15) is 0 Å². The number of aryl methyl sites for hydroxylation is 1. The molecule has 1 aliphatic rings. The molecule has 22 heavy (non-hydrogen) atoms. The lowest BCUT2D eigenvalue weighted by Gasteiger charge is -2.30. The van der Waals surface area contributed by atoms with Crippen molar-refractivity contribution in [3.63, 3.8) is 0 Å². The average molecular weight is 318 g/mol. The minimum Gasteiger partial charge on any atom is -0.336 e. The van der Waals surface area contributed by atoms with Gasteiger partial charge in [-0.05, 0) is 49.1 Å². The van der Waals surface area contributed by atoms with Gasteiger partial charge in [-0.3, -0.25) is 4.79 Å². The van der Waals surface area contributed by atoms with Gasteiger partial charge in [0.15, 0.2) is 0 Å². The van der Waals surface area contributed by atoms with Crippen molar-refractivity contribution >= 4 is 17.2 Å². The van der Waals surface area contributed by atoms with Gasteiger partial charge in [0.05, 0.1) is 4.88 Å². The second-order valence-electron chi connectivity index (χ2n) is 5.74. The van der Waals surface area contributed by atoms with E-state index < -0.39 is 0 Å². The second-order valence-corrected chi connectivity index (χ2v) is 7.00. The highest BCUT2D eigenvalue weighted by Crippen LogP contribution is 2.32. The molecule has 2 aromatic rings. The first-order chi connectivity index (χ1) is 10.5. The molecular weight excluding hydrogens is 299 g/mol. The summed E-state index contributed by atoms with van der Waals surface area (Å²) in [7, 11) is 0. The first-order valence-corrected chi connectivity index (χ1v) is 8.27. The smallest absolute Gasteiger partial charge is 0.264 e. The molecule has 1 fully saturated rings. The highest BCUT2D eigenvalue weighted by molar-refractivity contribution is 7.14. The molecule has 1 amide bonds. The highest BCUT2D eigenvalue weighted by atomic mass is 32.1. The molecule has 0 spiro atoms. The Morgan fingerprint density at radius 1 is 1.36 bits per heavy atom. The molecular formula is C17H19FN2OS. The van der Waals surface area contributed by atoms with Gasteiger partial charge in [0, 0.05) is 24.0 Å². The fraction of sp³-hybridized carbons (Fsp3) is 0.353. The summed E-state index contributed by atoms with van der Waals surface area (Å²) in [5, 5.41) is 0. The Balaban J connectivity index is 1.85. The number of hydrogen-bond acceptors (Lipinski definition) is 3. The summed E-state index contributed by atoms with van der Waals surface area (Å²) in [5.74, 6) is -0.202. The normalized spacial score (nSPS) is 18.5. The number of carbonyl (C=O) groups is 1. The Kier molecular flexibility index (Phi) is 4.27. The number of nitrogens with two attached hydrogens (primary N) is 1. The van der Waals surface area contributed by atoms with Crippen molar-refractivity contribution in [1.82, 2.24) is 4.90 Å². The van der Waals surface area contributed by atoms with Crippen LogP contribution in [0.3, 0.4) is 0 Å². The van der Waals surface area contributed by atoms with E-state index in [1.165, 1.54) is 23.5 Å². The number of amides is 1. The Morgan fingerprint density at radius 3 is 2.77 bits per heavy atom. The number of hydrogen-bond donors (Lipinski definition) is 1. The molecule has 0 bridgehead atoms. The number of thiophene rings is 1. The first-order valence-electron chi connectivity index (χ1n) is 7.46. The van der Waals surface area contributed by atoms with Crippen LogP contribution >= 0.6 is 11.3 Å². The van der Waals surface area contributed by atoms with E-state index in [2.05, 4.69) is 0 Å². The number of carbonyl (C=O) groups excluding carboxylic acids is 1. The van der Waals surface area contributed by atoms with Gasteiger partial charge in [-0.1, -0.05) is 12.1 Å². The molecule has 3 nitrogen and oxygen atoms in total. The van der Waals surface area contributed by atoms with E-state index in [1.807, 2.05) is 17.9 Å². The zero-order chi connectivity index (χ0) is 15.7. The molecule has 0 saturated carbocycles. The third-order valence-corrected chi connectivity index (χ3v) is 5.07. The lowest BCUT2D eigenvalue weighted by atomic mass is 10.1. The zero-order valence-corrected chi connectivity index (χ0v) is 13.3. The van der Waals surface area contributed by atoms with Crippen LogP contribution in [0.1, 0.15) is 27.4 Å². The van der Waals surface area contributed by atoms with Gasteiger partial charge in [0.1, 0.15) is 5.82 Å². The standard InChI is InChI=1S/C17H19FN2OS/c1-11-15(12-4-6-13(18)7-5-12)9-16(22-11)17(21)20-8-2-3-14(19)10-20/h4-7,9,14H,2-3,8,10,19H2,1H3/t14-/m1/s1. The van der Waals surface area contributed by atoms with Gasteiger partial charge in [-0.25, -0.2) is 4.39 Å². The monoisotopic (exact) mass is 318 g/mol. The Morgan fingerprint density at radius 2 is 2.09 bits per heavy atom. The molecule has 0 unspecified atom stereocenters. The van der Waals surface area contributed by atoms with Gasteiger partial charge in [0.25, 0.3) is 5.91 Å². The van der Waals surface area contributed by atoms with E-state index in [0.717, 1.165) is 40.3 Å². The zero-order valence-electron chi connectivity index (χ0n) is 12.5. The van der Waals surface area contributed by atoms with Gasteiger partial charge < -0.3 is 10.6 Å². The Labute approximate surface area is 133 Å². The maximum absolute atomic E-state index is 13.0. The van der Waals surface area contributed by atoms with Crippen molar-refractivity contribution in [2.24, 2.45) is 5.73 Å². The maximum atomic E-state index is 13.0. The number of halogens is 1. The van der Waals surface area contributed by atoms with E-state index in [1.54, 1.807) is 12.1 Å². The second kappa shape index (κ2) is 6.18. The Hall–Kier alpha value is -1.72. The van der Waals surface area contributed by atoms with Crippen LogP contribution in [0.2, 0.25) is 0 Å². The van der Waals surface area contributed by atoms with Crippen molar-refractivity contribution in [3.8, 4) is 11.1 Å². The molecule has 2 N–H and O–H groups in total. The molecule has 1 saturated heterocycles. The lowest BCUT2D eigenvalue weighted by molar-refractivity contribution is 0.0714. The Bertz CT molecular complexity index is 680. The van der Waals surface area contributed by atoms with Crippen LogP contribution in [-0.4, -0.2) is 29.9 Å². The molecule has 1 aromatic carbocycles. The van der Waals surface area contributed by atoms with Crippen molar-refractivity contribution < 1.29 is 9.18 Å². The van der Waals surface area contributed by atoms with E-state index >= 15 is 0 Å². The van der Waals surface area contributed by atoms with E-state index in [4.69, 9.17) is 5.73 Å². The molecule has 2 heterocycles. The van der Waals surface area contributed by atoms with Crippen LogP contribution in [0.15, 0.2) is 30.3 Å². The predicted molar refractivity (Wildman–Crippen MR) is 87.6 cm³/mol. The van der Waals surface area contributed by atoms with E-state index in [0.29, 0.717) is 6.54 Å². The minimum atomic E-state index is -0.254. The van der Waals surface area contributed by atoms with Crippen LogP contribution < -0.4 is 5.73 Å². The van der Waals surface area contributed by atoms with Crippen LogP contribution in [0.4, 0.5) is 4.39 Å². The minimum absolute atomic E-state index is 0.0524. The van der Waals surface area contributed by atoms with Crippen molar-refractivity contribution in [3.05, 3.63) is 45.9 Å². The maximum Gasteiger partial charge on any atom is 0.264 e. The summed E-state index contributed by atoms with van der Waals surface area (Å²) in [6.45, 7) is 3.39. The predicted octanol–water partition coefficient (Wildman–Crippen LogP) is 3.43. The van der Waals surface area contributed by atoms with Crippen molar-refractivity contribution in [2.75, 3.05) is 13.1 Å². The largest absolute Gasteiger partial charge is 0.336 e. The fourth-order valence-electron chi connectivity index (χ4n) is 2.85. The third kappa shape index (κ3) is 3.05. The molecule has 1 aliphatic heterocycles. The first kappa shape index (κ1) is 15.2. The van der Waals surface area contributed by atoms with Crippen LogP contribution in [0.25, 0.3) is 11.1 Å². The summed E-state index contributed by atoms with van der Waals surface area (Å²) in [6, 6.07) is 8.37. The fourth-order valence-corrected chi connectivity index (χ4v) is 3.86. The summed E-state index contributed by atoms with van der Waals surface area (Å²) < 4.78 is 13.0. The number of rotatable bonds is 2. The molecule has 5 heteroatoms. The number of benzene rings is 1. The average Bonchev–Trinajstić information content (AvgIpc) is 2.89. The molecule has 3 rings (SSSR count). The lowest BCUT2D eigenvalue weighted by Crippen LogP contribution is -2.45. The van der Waals surface area contributed by atoms with Crippen molar-refractivity contribution in [1.29, 1.82) is 0 Å². The molecule has 1 atom stereocenters. The quantitative estimate of drug-likeness (QED) is 0.922. The SMILES string of the molecule is Cc1sc(C(=O)N2CCC[C@@H](N)C2)cc1-c1ccc(F)cc1. The number of piperidine rings is 1. The topological polar surface area (TPSA) is 46.3 Å². The van der Waals surface area contributed by atoms with Gasteiger partial charge in [-0.15, -0.1) is 11.3 Å². The van der Waals surface area contributed by atoms with Gasteiger partial charge >= 0.3 is 0 Å². The summed E-state index contributed by atoms with van der Waals surface area (Å²) in [4.78, 5) is 16.3. The van der Waals surface area contributed by atoms with Crippen LogP contribution in [0.5, 0.6) is 0 Å². The third-order valence-electron chi connectivity index (χ3n) is 4.03. The number of nitrogens with zero attached hydrogens (tertiary/aromatic N) is 1. The van der Waals surface area contributed by atoms with Crippen LogP contribution in [-0.2, 0) is 0 Å². The molecule has 116 valence electrons. The highest BCUT2D eigenvalue weighted by Gasteiger charge is 2.24. The summed E-state index contributed by atoms with van der Waals surface area (Å²) in [6.07, 6.45) is 1.94. The summed E-state index contributed by atoms with van der Waals surface area (Å²) in [5.41, 5.74) is 7.89. The van der Waals surface area contributed by atoms with E-state index in [-0.39, 0.29) is 17.8 Å². The number of likely N-dealkylation sites (tertiary alicyclic amines) is 1. The van der Waals surface area contributed by atoms with Gasteiger partial charge in [0.2, 0.25) is 0 Å². The molecule has 0 radical (unpaired) electrons. The summed E-state index contributed by atoms with van der Waals surface area (Å²) >= 11 is 1.49. The molecule has 0 aliphatic carbocycles. The van der Waals surface area contributed by atoms with Crippen molar-refractivity contribution in [2.45, 2.75) is 25.8 Å². The van der Waals surface area contributed by atoms with Crippen LogP contribution in [0, 0.1) is 12.7 Å². The molecule has 1 aromatic heterocycles. The van der Waals surface area contributed by atoms with E-state index in [9.17, 15) is 9.18 Å².